The van der Waals surface area contributed by atoms with Crippen LogP contribution in [0.15, 0.2) is 70.7 Å². The molecule has 0 aliphatic carbocycles. The maximum Gasteiger partial charge on any atom is 0.335 e. The number of benzene rings is 3. The van der Waals surface area contributed by atoms with Gasteiger partial charge in [-0.25, -0.2) is 9.69 Å². The standard InChI is InChI=1S/C25H17BrI2N2O4/c1-14-2-8-18(9-3-14)30-24(32)19(23(31)29-25(30)33)10-16-11-20(27)22(21(28)12-16)34-13-15-4-6-17(26)7-5-15/h2-12H,13H2,1H3,(H,29,31,33)/b19-10+. The van der Waals surface area contributed by atoms with Crippen LogP contribution in [0, 0.1) is 14.1 Å². The summed E-state index contributed by atoms with van der Waals surface area (Å²) in [6.07, 6.45) is 1.49. The number of carbonyl (C=O) groups excluding carboxylic acids is 3. The topological polar surface area (TPSA) is 75.7 Å². The molecule has 34 heavy (non-hydrogen) atoms. The first kappa shape index (κ1) is 24.9. The lowest BCUT2D eigenvalue weighted by Gasteiger charge is -2.26. The summed E-state index contributed by atoms with van der Waals surface area (Å²) in [6, 6.07) is 17.7. The van der Waals surface area contributed by atoms with Crippen LogP contribution in [-0.4, -0.2) is 17.8 Å². The van der Waals surface area contributed by atoms with Gasteiger partial charge in [0.25, 0.3) is 11.8 Å². The summed E-state index contributed by atoms with van der Waals surface area (Å²) in [5.74, 6) is -0.667. The van der Waals surface area contributed by atoms with Gasteiger partial charge >= 0.3 is 6.03 Å². The molecular formula is C25H17BrI2N2O4. The Labute approximate surface area is 232 Å². The highest BCUT2D eigenvalue weighted by atomic mass is 127. The van der Waals surface area contributed by atoms with Crippen molar-refractivity contribution in [3.8, 4) is 5.75 Å². The second kappa shape index (κ2) is 10.6. The van der Waals surface area contributed by atoms with Crippen molar-refractivity contribution < 1.29 is 19.1 Å². The summed E-state index contributed by atoms with van der Waals surface area (Å²) in [4.78, 5) is 38.9. The van der Waals surface area contributed by atoms with Crippen molar-refractivity contribution >= 4 is 90.7 Å². The first-order valence-corrected chi connectivity index (χ1v) is 13.0. The number of barbiturate groups is 1. The minimum absolute atomic E-state index is 0.115. The van der Waals surface area contributed by atoms with Gasteiger partial charge < -0.3 is 4.74 Å². The maximum atomic E-state index is 13.1. The predicted molar refractivity (Wildman–Crippen MR) is 151 cm³/mol. The molecule has 1 aliphatic rings. The maximum absolute atomic E-state index is 13.1. The number of aryl methyl sites for hydroxylation is 1. The number of urea groups is 1. The lowest BCUT2D eigenvalue weighted by Crippen LogP contribution is -2.54. The van der Waals surface area contributed by atoms with Gasteiger partial charge in [-0.3, -0.25) is 14.9 Å². The van der Waals surface area contributed by atoms with Crippen LogP contribution < -0.4 is 15.0 Å². The number of hydrogen-bond acceptors (Lipinski definition) is 4. The SMILES string of the molecule is Cc1ccc(N2C(=O)NC(=O)/C(=C\c3cc(I)c(OCc4ccc(Br)cc4)c(I)c3)C2=O)cc1. The number of anilines is 1. The number of halogens is 3. The van der Waals surface area contributed by atoms with Crippen LogP contribution in [0.5, 0.6) is 5.75 Å². The molecule has 0 radical (unpaired) electrons. The van der Waals surface area contributed by atoms with E-state index in [1.165, 1.54) is 6.08 Å². The molecule has 3 aromatic rings. The fraction of sp³-hybridized carbons (Fsp3) is 0.0800. The van der Waals surface area contributed by atoms with Crippen LogP contribution >= 0.6 is 61.1 Å². The van der Waals surface area contributed by atoms with Crippen molar-refractivity contribution in [2.75, 3.05) is 4.90 Å². The molecule has 1 aliphatic heterocycles. The molecule has 0 saturated carbocycles. The minimum Gasteiger partial charge on any atom is -0.487 e. The lowest BCUT2D eigenvalue weighted by atomic mass is 10.1. The molecule has 4 amide bonds. The number of ether oxygens (including phenoxy) is 1. The molecule has 0 spiro atoms. The van der Waals surface area contributed by atoms with Crippen LogP contribution in [0.3, 0.4) is 0 Å². The molecule has 4 rings (SSSR count). The highest BCUT2D eigenvalue weighted by Gasteiger charge is 2.36. The van der Waals surface area contributed by atoms with Crippen LogP contribution in [0.1, 0.15) is 16.7 Å². The number of nitrogens with zero attached hydrogens (tertiary/aromatic N) is 1. The van der Waals surface area contributed by atoms with Crippen LogP contribution in [0.2, 0.25) is 0 Å². The molecule has 6 nitrogen and oxygen atoms in total. The largest absolute Gasteiger partial charge is 0.487 e. The third kappa shape index (κ3) is 5.52. The second-order valence-corrected chi connectivity index (χ2v) is 10.8. The molecule has 1 fully saturated rings. The Kier molecular flexibility index (Phi) is 7.73. The van der Waals surface area contributed by atoms with Crippen LogP contribution in [0.4, 0.5) is 10.5 Å². The third-order valence-corrected chi connectivity index (χ3v) is 7.15. The molecule has 0 bridgehead atoms. The van der Waals surface area contributed by atoms with E-state index in [4.69, 9.17) is 4.74 Å². The first-order valence-electron chi connectivity index (χ1n) is 10.1. The van der Waals surface area contributed by atoms with Crippen LogP contribution in [0.25, 0.3) is 6.08 Å². The third-order valence-electron chi connectivity index (χ3n) is 5.02. The minimum atomic E-state index is -0.767. The Morgan fingerprint density at radius 1 is 0.971 bits per heavy atom. The van der Waals surface area contributed by atoms with Gasteiger partial charge in [0.1, 0.15) is 17.9 Å². The highest BCUT2D eigenvalue weighted by molar-refractivity contribution is 14.1. The summed E-state index contributed by atoms with van der Waals surface area (Å²) >= 11 is 7.76. The summed E-state index contributed by atoms with van der Waals surface area (Å²) in [5.41, 5.74) is 2.96. The van der Waals surface area contributed by atoms with E-state index in [0.717, 1.165) is 33.4 Å². The Morgan fingerprint density at radius 3 is 2.21 bits per heavy atom. The van der Waals surface area contributed by atoms with Gasteiger partial charge in [0.2, 0.25) is 0 Å². The van der Waals surface area contributed by atoms with E-state index in [1.807, 2.05) is 43.3 Å². The van der Waals surface area contributed by atoms with Gasteiger partial charge in [0, 0.05) is 4.47 Å². The summed E-state index contributed by atoms with van der Waals surface area (Å²) in [5, 5.41) is 2.25. The number of rotatable bonds is 5. The van der Waals surface area contributed by atoms with Gasteiger partial charge in [-0.15, -0.1) is 0 Å². The molecule has 0 aromatic heterocycles. The molecule has 0 atom stereocenters. The van der Waals surface area contributed by atoms with Gasteiger partial charge in [-0.2, -0.15) is 0 Å². The Balaban J connectivity index is 1.60. The van der Waals surface area contributed by atoms with Crippen LogP contribution in [-0.2, 0) is 16.2 Å². The van der Waals surface area contributed by atoms with Gasteiger partial charge in [0.15, 0.2) is 0 Å². The Morgan fingerprint density at radius 2 is 1.59 bits per heavy atom. The van der Waals surface area contributed by atoms with Crippen molar-refractivity contribution in [3.05, 3.63) is 94.5 Å². The molecule has 1 N–H and O–H groups in total. The van der Waals surface area contributed by atoms with Crippen molar-refractivity contribution in [1.82, 2.24) is 5.32 Å². The van der Waals surface area contributed by atoms with E-state index in [2.05, 4.69) is 66.4 Å². The van der Waals surface area contributed by atoms with E-state index in [1.54, 1.807) is 24.3 Å². The normalized spacial score (nSPS) is 15.0. The average Bonchev–Trinajstić information content (AvgIpc) is 2.78. The molecule has 1 saturated heterocycles. The second-order valence-electron chi connectivity index (χ2n) is 7.52. The fourth-order valence-electron chi connectivity index (χ4n) is 3.29. The summed E-state index contributed by atoms with van der Waals surface area (Å²) in [6.45, 7) is 2.32. The molecule has 1 heterocycles. The first-order chi connectivity index (χ1) is 16.2. The molecular weight excluding hydrogens is 726 g/mol. The van der Waals surface area contributed by atoms with Gasteiger partial charge in [-0.1, -0.05) is 45.8 Å². The summed E-state index contributed by atoms with van der Waals surface area (Å²) < 4.78 is 8.70. The predicted octanol–water partition coefficient (Wildman–Crippen LogP) is 6.21. The number of carbonyl (C=O) groups is 3. The van der Waals surface area contributed by atoms with E-state index in [-0.39, 0.29) is 5.57 Å². The number of nitrogens with one attached hydrogen (secondary N) is 1. The fourth-order valence-corrected chi connectivity index (χ4v) is 5.68. The molecule has 3 aromatic carbocycles. The zero-order valence-corrected chi connectivity index (χ0v) is 23.7. The Bertz CT molecular complexity index is 1300. The van der Waals surface area contributed by atoms with E-state index in [0.29, 0.717) is 17.9 Å². The van der Waals surface area contributed by atoms with Crippen molar-refractivity contribution in [2.24, 2.45) is 0 Å². The van der Waals surface area contributed by atoms with Crippen molar-refractivity contribution in [2.45, 2.75) is 13.5 Å². The summed E-state index contributed by atoms with van der Waals surface area (Å²) in [7, 11) is 0. The van der Waals surface area contributed by atoms with Crippen molar-refractivity contribution in [3.63, 3.8) is 0 Å². The Hall–Kier alpha value is -2.25. The quantitative estimate of drug-likeness (QED) is 0.192. The molecule has 9 heteroatoms. The number of imide groups is 2. The molecule has 172 valence electrons. The zero-order valence-electron chi connectivity index (χ0n) is 17.8. The van der Waals surface area contributed by atoms with E-state index in [9.17, 15) is 14.4 Å². The van der Waals surface area contributed by atoms with Crippen molar-refractivity contribution in [1.29, 1.82) is 0 Å². The number of amides is 4. The van der Waals surface area contributed by atoms with E-state index < -0.39 is 17.8 Å². The zero-order chi connectivity index (χ0) is 24.4. The average molecular weight is 743 g/mol. The van der Waals surface area contributed by atoms with Gasteiger partial charge in [-0.05, 0) is 106 Å². The molecule has 0 unspecified atom stereocenters. The lowest BCUT2D eigenvalue weighted by molar-refractivity contribution is -0.122. The monoisotopic (exact) mass is 742 g/mol. The smallest absolute Gasteiger partial charge is 0.335 e. The van der Waals surface area contributed by atoms with Gasteiger partial charge in [0.05, 0.1) is 12.8 Å². The van der Waals surface area contributed by atoms with E-state index >= 15 is 0 Å². The number of hydrogen-bond donors (Lipinski definition) is 1. The highest BCUT2D eigenvalue weighted by Crippen LogP contribution is 2.31.